The maximum Gasteiger partial charge on any atom is 0.133 e. The number of aromatic carboxylic acids is 1. The van der Waals surface area contributed by atoms with Crippen LogP contribution in [0.4, 0.5) is 0 Å². The van der Waals surface area contributed by atoms with Gasteiger partial charge in [0.05, 0.1) is 16.1 Å². The minimum Gasteiger partial charge on any atom is -0.545 e. The number of rotatable bonds is 9. The van der Waals surface area contributed by atoms with E-state index in [2.05, 4.69) is 29.5 Å². The van der Waals surface area contributed by atoms with Gasteiger partial charge in [0.15, 0.2) is 0 Å². The van der Waals surface area contributed by atoms with E-state index in [0.29, 0.717) is 0 Å². The van der Waals surface area contributed by atoms with Crippen LogP contribution in [-0.2, 0) is 0 Å². The molecule has 3 nitrogen and oxygen atoms in total. The van der Waals surface area contributed by atoms with Crippen LogP contribution >= 0.6 is 22.6 Å². The van der Waals surface area contributed by atoms with Crippen LogP contribution in [-0.4, -0.2) is 12.6 Å². The number of benzene rings is 2. The van der Waals surface area contributed by atoms with Gasteiger partial charge >= 0.3 is 0 Å². The Bertz CT molecular complexity index is 667. The van der Waals surface area contributed by atoms with Crippen molar-refractivity contribution >= 4 is 39.3 Å². The molecule has 0 bridgehead atoms. The summed E-state index contributed by atoms with van der Waals surface area (Å²) in [5.41, 5.74) is 0.203. The average Bonchev–Trinajstić information content (AvgIpc) is 2.55. The highest BCUT2D eigenvalue weighted by atomic mass is 127. The standard InChI is InChI=1S/C19H23IO3/c1-2-3-4-5-6-7-12-23-17-11-9-14-13-15(19(21)22)8-10-16(14)18(17)20/h8-11,13H,2-7,12H2,1H3,(H,21,22)/p-1. The molecular weight excluding hydrogens is 403 g/mol. The van der Waals surface area contributed by atoms with Crippen molar-refractivity contribution in [2.45, 2.75) is 45.4 Å². The molecule has 0 atom stereocenters. The van der Waals surface area contributed by atoms with Gasteiger partial charge in [-0.25, -0.2) is 0 Å². The Morgan fingerprint density at radius 2 is 1.83 bits per heavy atom. The monoisotopic (exact) mass is 425 g/mol. The van der Waals surface area contributed by atoms with E-state index >= 15 is 0 Å². The van der Waals surface area contributed by atoms with Crippen molar-refractivity contribution in [2.75, 3.05) is 6.61 Å². The molecule has 2 rings (SSSR count). The Kier molecular flexibility index (Phi) is 7.15. The van der Waals surface area contributed by atoms with Gasteiger partial charge < -0.3 is 14.6 Å². The molecule has 4 heteroatoms. The van der Waals surface area contributed by atoms with Gasteiger partial charge in [0, 0.05) is 0 Å². The predicted octanol–water partition coefficient (Wildman–Crippen LogP) is 4.55. The van der Waals surface area contributed by atoms with Crippen LogP contribution in [0.1, 0.15) is 55.8 Å². The molecule has 0 aliphatic rings. The number of carbonyl (C=O) groups excluding carboxylic acids is 1. The highest BCUT2D eigenvalue weighted by molar-refractivity contribution is 14.1. The number of carbonyl (C=O) groups is 1. The zero-order valence-electron chi connectivity index (χ0n) is 13.4. The van der Waals surface area contributed by atoms with E-state index in [1.54, 1.807) is 12.1 Å². The van der Waals surface area contributed by atoms with Crippen LogP contribution in [0.25, 0.3) is 10.8 Å². The molecule has 0 saturated carbocycles. The van der Waals surface area contributed by atoms with E-state index in [-0.39, 0.29) is 5.56 Å². The summed E-state index contributed by atoms with van der Waals surface area (Å²) in [6.07, 6.45) is 7.45. The van der Waals surface area contributed by atoms with Crippen LogP contribution in [0.2, 0.25) is 0 Å². The lowest BCUT2D eigenvalue weighted by Gasteiger charge is -2.11. The first-order chi connectivity index (χ1) is 11.1. The molecule has 23 heavy (non-hydrogen) atoms. The number of fused-ring (bicyclic) bond motifs is 1. The lowest BCUT2D eigenvalue weighted by Crippen LogP contribution is -2.21. The van der Waals surface area contributed by atoms with Gasteiger partial charge in [-0.15, -0.1) is 0 Å². The summed E-state index contributed by atoms with van der Waals surface area (Å²) in [5, 5.41) is 12.8. The molecule has 0 radical (unpaired) electrons. The lowest BCUT2D eigenvalue weighted by molar-refractivity contribution is -0.255. The summed E-state index contributed by atoms with van der Waals surface area (Å²) >= 11 is 2.26. The van der Waals surface area contributed by atoms with Crippen LogP contribution < -0.4 is 9.84 Å². The zero-order chi connectivity index (χ0) is 16.7. The molecule has 0 amide bonds. The molecule has 124 valence electrons. The fraction of sp³-hybridized carbons (Fsp3) is 0.421. The molecule has 0 aliphatic heterocycles. The first kappa shape index (κ1) is 18.0. The van der Waals surface area contributed by atoms with Crippen molar-refractivity contribution in [1.82, 2.24) is 0 Å². The zero-order valence-corrected chi connectivity index (χ0v) is 15.6. The number of hydrogen-bond donors (Lipinski definition) is 0. The van der Waals surface area contributed by atoms with Crippen molar-refractivity contribution in [2.24, 2.45) is 0 Å². The third-order valence-electron chi connectivity index (χ3n) is 3.91. The molecule has 0 N–H and O–H groups in total. The van der Waals surface area contributed by atoms with E-state index in [9.17, 15) is 9.90 Å². The van der Waals surface area contributed by atoms with Crippen molar-refractivity contribution in [3.05, 3.63) is 39.5 Å². The van der Waals surface area contributed by atoms with Crippen LogP contribution in [0.15, 0.2) is 30.3 Å². The van der Waals surface area contributed by atoms with Gasteiger partial charge in [-0.05, 0) is 57.5 Å². The van der Waals surface area contributed by atoms with Crippen molar-refractivity contribution in [3.63, 3.8) is 0 Å². The summed E-state index contributed by atoms with van der Waals surface area (Å²) in [6, 6.07) is 8.86. The molecule has 2 aromatic rings. The lowest BCUT2D eigenvalue weighted by atomic mass is 10.1. The molecule has 0 spiro atoms. The fourth-order valence-electron chi connectivity index (χ4n) is 2.57. The Morgan fingerprint density at radius 1 is 1.09 bits per heavy atom. The van der Waals surface area contributed by atoms with E-state index in [1.807, 2.05) is 18.2 Å². The van der Waals surface area contributed by atoms with Gasteiger partial charge in [0.2, 0.25) is 0 Å². The van der Waals surface area contributed by atoms with Crippen molar-refractivity contribution < 1.29 is 14.6 Å². The molecule has 0 aliphatic carbocycles. The Balaban J connectivity index is 1.95. The van der Waals surface area contributed by atoms with E-state index in [0.717, 1.165) is 33.1 Å². The second kappa shape index (κ2) is 9.11. The van der Waals surface area contributed by atoms with Crippen molar-refractivity contribution in [3.8, 4) is 5.75 Å². The topological polar surface area (TPSA) is 49.4 Å². The van der Waals surface area contributed by atoms with Gasteiger partial charge in [-0.1, -0.05) is 57.2 Å². The quantitative estimate of drug-likeness (QED) is 0.438. The Hall–Kier alpha value is -1.30. The maximum atomic E-state index is 10.9. The van der Waals surface area contributed by atoms with E-state index in [1.165, 1.54) is 32.1 Å². The summed E-state index contributed by atoms with van der Waals surface area (Å²) < 4.78 is 6.92. The number of ether oxygens (including phenoxy) is 1. The smallest absolute Gasteiger partial charge is 0.133 e. The molecule has 0 saturated heterocycles. The average molecular weight is 425 g/mol. The van der Waals surface area contributed by atoms with Crippen LogP contribution in [0, 0.1) is 3.57 Å². The highest BCUT2D eigenvalue weighted by Gasteiger charge is 2.07. The second-order valence-electron chi connectivity index (χ2n) is 5.72. The fourth-order valence-corrected chi connectivity index (χ4v) is 3.40. The van der Waals surface area contributed by atoms with Gasteiger partial charge in [0.25, 0.3) is 0 Å². The largest absolute Gasteiger partial charge is 0.545 e. The first-order valence-corrected chi connectivity index (χ1v) is 9.27. The Morgan fingerprint density at radius 3 is 2.57 bits per heavy atom. The Labute approximate surface area is 151 Å². The van der Waals surface area contributed by atoms with Crippen molar-refractivity contribution in [1.29, 1.82) is 0 Å². The van der Waals surface area contributed by atoms with Gasteiger partial charge in [-0.2, -0.15) is 0 Å². The minimum atomic E-state index is -1.15. The third-order valence-corrected chi connectivity index (χ3v) is 5.02. The maximum absolute atomic E-state index is 10.9. The normalized spacial score (nSPS) is 10.9. The number of carboxylic acids is 1. The van der Waals surface area contributed by atoms with Gasteiger partial charge in [-0.3, -0.25) is 0 Å². The number of halogens is 1. The SMILES string of the molecule is CCCCCCCCOc1ccc2cc(C(=O)[O-])ccc2c1I. The van der Waals surface area contributed by atoms with E-state index in [4.69, 9.17) is 4.74 Å². The number of unbranched alkanes of at least 4 members (excludes halogenated alkanes) is 5. The molecule has 2 aromatic carbocycles. The predicted molar refractivity (Wildman–Crippen MR) is 99.9 cm³/mol. The molecule has 0 fully saturated rings. The summed E-state index contributed by atoms with van der Waals surface area (Å²) in [4.78, 5) is 10.9. The summed E-state index contributed by atoms with van der Waals surface area (Å²) in [5.74, 6) is -0.279. The molecule has 0 heterocycles. The molecule has 0 unspecified atom stereocenters. The third kappa shape index (κ3) is 5.09. The first-order valence-electron chi connectivity index (χ1n) is 8.20. The summed E-state index contributed by atoms with van der Waals surface area (Å²) in [7, 11) is 0. The van der Waals surface area contributed by atoms with E-state index < -0.39 is 5.97 Å². The highest BCUT2D eigenvalue weighted by Crippen LogP contribution is 2.30. The second-order valence-corrected chi connectivity index (χ2v) is 6.80. The van der Waals surface area contributed by atoms with Gasteiger partial charge in [0.1, 0.15) is 5.75 Å². The summed E-state index contributed by atoms with van der Waals surface area (Å²) in [6.45, 7) is 2.95. The van der Waals surface area contributed by atoms with Crippen LogP contribution in [0.5, 0.6) is 5.75 Å². The molecular formula is C19H22IO3-. The van der Waals surface area contributed by atoms with Crippen LogP contribution in [0.3, 0.4) is 0 Å². The number of carboxylic acid groups (broad SMARTS) is 1. The minimum absolute atomic E-state index is 0.203. The number of hydrogen-bond acceptors (Lipinski definition) is 3. The molecule has 0 aromatic heterocycles.